The van der Waals surface area contributed by atoms with Crippen molar-refractivity contribution in [2.45, 2.75) is 13.5 Å². The van der Waals surface area contributed by atoms with Crippen molar-refractivity contribution in [2.24, 2.45) is 5.73 Å². The third-order valence-corrected chi connectivity index (χ3v) is 2.51. The van der Waals surface area contributed by atoms with Crippen molar-refractivity contribution in [1.82, 2.24) is 4.98 Å². The van der Waals surface area contributed by atoms with E-state index in [0.717, 1.165) is 22.2 Å². The quantitative estimate of drug-likeness (QED) is 0.909. The Morgan fingerprint density at radius 1 is 1.40 bits per heavy atom. The van der Waals surface area contributed by atoms with Crippen LogP contribution in [-0.2, 0) is 6.54 Å². The Labute approximate surface area is 105 Å². The summed E-state index contributed by atoms with van der Waals surface area (Å²) < 4.78 is 5.45. The smallest absolute Gasteiger partial charge is 0.153 e. The molecular formula is C9H12Cl2N2OS. The van der Waals surface area contributed by atoms with E-state index < -0.39 is 0 Å². The number of hydrogen-bond donors (Lipinski definition) is 1. The predicted octanol–water partition coefficient (Wildman–Crippen LogP) is 3.01. The number of aromatic nitrogens is 1. The lowest BCUT2D eigenvalue weighted by atomic mass is 10.3. The molecule has 3 nitrogen and oxygen atoms in total. The van der Waals surface area contributed by atoms with Crippen molar-refractivity contribution in [3.8, 4) is 11.5 Å². The zero-order valence-electron chi connectivity index (χ0n) is 8.10. The molecule has 0 fully saturated rings. The molecule has 0 aliphatic carbocycles. The van der Waals surface area contributed by atoms with E-state index in [2.05, 4.69) is 4.98 Å². The number of halogens is 2. The maximum atomic E-state index is 5.45. The highest BCUT2D eigenvalue weighted by molar-refractivity contribution is 7.09. The first-order valence-electron chi connectivity index (χ1n) is 4.01. The molecule has 0 atom stereocenters. The molecule has 2 heterocycles. The summed E-state index contributed by atoms with van der Waals surface area (Å²) in [6.07, 6.45) is 0. The average molecular weight is 267 g/mol. The normalized spacial score (nSPS) is 9.20. The molecule has 0 bridgehead atoms. The Balaban J connectivity index is 0.000000980. The second kappa shape index (κ2) is 6.12. The van der Waals surface area contributed by atoms with Gasteiger partial charge in [-0.25, -0.2) is 4.98 Å². The molecule has 0 aliphatic heterocycles. The Kier molecular flexibility index (Phi) is 5.90. The minimum Gasteiger partial charge on any atom is -0.458 e. The van der Waals surface area contributed by atoms with Gasteiger partial charge in [0.25, 0.3) is 0 Å². The molecule has 0 unspecified atom stereocenters. The van der Waals surface area contributed by atoms with Crippen LogP contribution in [0.25, 0.3) is 11.5 Å². The van der Waals surface area contributed by atoms with Crippen molar-refractivity contribution in [3.63, 3.8) is 0 Å². The second-order valence-corrected chi connectivity index (χ2v) is 3.78. The van der Waals surface area contributed by atoms with Crippen LogP contribution in [0.5, 0.6) is 0 Å². The van der Waals surface area contributed by atoms with Gasteiger partial charge in [0.15, 0.2) is 5.76 Å². The lowest BCUT2D eigenvalue weighted by molar-refractivity contribution is 0.524. The van der Waals surface area contributed by atoms with Gasteiger partial charge in [-0.2, -0.15) is 0 Å². The molecule has 0 saturated carbocycles. The fraction of sp³-hybridized carbons (Fsp3) is 0.222. The first kappa shape index (κ1) is 14.5. The minimum atomic E-state index is 0. The van der Waals surface area contributed by atoms with Gasteiger partial charge in [0.2, 0.25) is 0 Å². The molecule has 2 N–H and O–H groups in total. The second-order valence-electron chi connectivity index (χ2n) is 2.72. The van der Waals surface area contributed by atoms with Gasteiger partial charge >= 0.3 is 0 Å². The summed E-state index contributed by atoms with van der Waals surface area (Å²) >= 11 is 1.61. The Hall–Kier alpha value is -0.550. The zero-order chi connectivity index (χ0) is 9.26. The van der Waals surface area contributed by atoms with Crippen molar-refractivity contribution in [1.29, 1.82) is 0 Å². The first-order chi connectivity index (χ1) is 6.29. The summed E-state index contributed by atoms with van der Waals surface area (Å²) in [4.78, 5) is 4.31. The van der Waals surface area contributed by atoms with E-state index in [-0.39, 0.29) is 24.8 Å². The molecule has 0 amide bonds. The van der Waals surface area contributed by atoms with Crippen LogP contribution in [-0.4, -0.2) is 4.98 Å². The largest absolute Gasteiger partial charge is 0.458 e. The predicted molar refractivity (Wildman–Crippen MR) is 66.9 cm³/mol. The Morgan fingerprint density at radius 3 is 2.60 bits per heavy atom. The highest BCUT2D eigenvalue weighted by Crippen LogP contribution is 2.23. The van der Waals surface area contributed by atoms with Gasteiger partial charge in [-0.05, 0) is 19.1 Å². The van der Waals surface area contributed by atoms with Gasteiger partial charge in [0, 0.05) is 5.38 Å². The van der Waals surface area contributed by atoms with E-state index in [0.29, 0.717) is 6.54 Å². The number of furan rings is 1. The fourth-order valence-electron chi connectivity index (χ4n) is 1.10. The van der Waals surface area contributed by atoms with E-state index in [1.807, 2.05) is 24.4 Å². The molecule has 2 aromatic heterocycles. The Morgan fingerprint density at radius 2 is 2.13 bits per heavy atom. The molecule has 84 valence electrons. The number of nitrogens with zero attached hydrogens (tertiary/aromatic N) is 1. The third kappa shape index (κ3) is 3.21. The van der Waals surface area contributed by atoms with Gasteiger partial charge < -0.3 is 10.2 Å². The van der Waals surface area contributed by atoms with Crippen molar-refractivity contribution in [3.05, 3.63) is 28.3 Å². The zero-order valence-corrected chi connectivity index (χ0v) is 10.5. The van der Waals surface area contributed by atoms with Gasteiger partial charge in [0.1, 0.15) is 11.5 Å². The summed E-state index contributed by atoms with van der Waals surface area (Å²) in [5.74, 6) is 1.59. The highest BCUT2D eigenvalue weighted by Gasteiger charge is 2.06. The van der Waals surface area contributed by atoms with E-state index in [1.165, 1.54) is 0 Å². The molecule has 0 aromatic carbocycles. The molecule has 2 rings (SSSR count). The summed E-state index contributed by atoms with van der Waals surface area (Å²) in [5.41, 5.74) is 6.33. The monoisotopic (exact) mass is 266 g/mol. The summed E-state index contributed by atoms with van der Waals surface area (Å²) in [6.45, 7) is 2.41. The van der Waals surface area contributed by atoms with Crippen molar-refractivity contribution >= 4 is 36.2 Å². The number of thiazole rings is 1. The molecule has 0 aliphatic rings. The van der Waals surface area contributed by atoms with Crippen LogP contribution in [0.1, 0.15) is 10.8 Å². The summed E-state index contributed by atoms with van der Waals surface area (Å²) in [6, 6.07) is 3.78. The van der Waals surface area contributed by atoms with Gasteiger partial charge in [0.05, 0.1) is 11.6 Å². The van der Waals surface area contributed by atoms with Crippen LogP contribution in [0, 0.1) is 6.92 Å². The average Bonchev–Trinajstić information content (AvgIpc) is 2.71. The molecule has 0 saturated heterocycles. The molecule has 0 radical (unpaired) electrons. The standard InChI is InChI=1S/C9H10N2OS.2ClH/c1-6-11-8(5-13-6)9-3-2-7(4-10)12-9;;/h2-3,5H,4,10H2,1H3;2*1H. The molecule has 15 heavy (non-hydrogen) atoms. The molecular weight excluding hydrogens is 255 g/mol. The number of aryl methyl sites for hydroxylation is 1. The molecule has 6 heteroatoms. The van der Waals surface area contributed by atoms with Crippen LogP contribution in [0.2, 0.25) is 0 Å². The SMILES string of the molecule is Cc1nc(-c2ccc(CN)o2)cs1.Cl.Cl. The van der Waals surface area contributed by atoms with E-state index in [1.54, 1.807) is 11.3 Å². The van der Waals surface area contributed by atoms with Crippen LogP contribution in [0.4, 0.5) is 0 Å². The van der Waals surface area contributed by atoms with E-state index in [4.69, 9.17) is 10.2 Å². The third-order valence-electron chi connectivity index (χ3n) is 1.73. The van der Waals surface area contributed by atoms with Crippen LogP contribution >= 0.6 is 36.2 Å². The van der Waals surface area contributed by atoms with Crippen LogP contribution in [0.15, 0.2) is 21.9 Å². The number of nitrogens with two attached hydrogens (primary N) is 1. The number of rotatable bonds is 2. The van der Waals surface area contributed by atoms with Gasteiger partial charge in [-0.1, -0.05) is 0 Å². The molecule has 2 aromatic rings. The van der Waals surface area contributed by atoms with Crippen molar-refractivity contribution < 1.29 is 4.42 Å². The van der Waals surface area contributed by atoms with E-state index in [9.17, 15) is 0 Å². The minimum absolute atomic E-state index is 0. The maximum Gasteiger partial charge on any atom is 0.153 e. The Bertz CT molecular complexity index is 414. The first-order valence-corrected chi connectivity index (χ1v) is 4.89. The molecule has 0 spiro atoms. The highest BCUT2D eigenvalue weighted by atomic mass is 35.5. The topological polar surface area (TPSA) is 52.0 Å². The summed E-state index contributed by atoms with van der Waals surface area (Å²) in [5, 5.41) is 3.02. The van der Waals surface area contributed by atoms with E-state index >= 15 is 0 Å². The lowest BCUT2D eigenvalue weighted by Gasteiger charge is -1.89. The van der Waals surface area contributed by atoms with Gasteiger partial charge in [-0.15, -0.1) is 36.2 Å². The van der Waals surface area contributed by atoms with Crippen LogP contribution in [0.3, 0.4) is 0 Å². The fourth-order valence-corrected chi connectivity index (χ4v) is 1.70. The van der Waals surface area contributed by atoms with Gasteiger partial charge in [-0.3, -0.25) is 0 Å². The van der Waals surface area contributed by atoms with Crippen molar-refractivity contribution in [2.75, 3.05) is 0 Å². The summed E-state index contributed by atoms with van der Waals surface area (Å²) in [7, 11) is 0. The number of hydrogen-bond acceptors (Lipinski definition) is 4. The maximum absolute atomic E-state index is 5.45. The van der Waals surface area contributed by atoms with Crippen LogP contribution < -0.4 is 5.73 Å². The lowest BCUT2D eigenvalue weighted by Crippen LogP contribution is -1.92.